The highest BCUT2D eigenvalue weighted by atomic mass is 19.4. The van der Waals surface area contributed by atoms with E-state index in [2.05, 4.69) is 56.7 Å². The number of fused-ring (bicyclic) bond motifs is 1. The Balaban J connectivity index is 0.000000413. The van der Waals surface area contributed by atoms with Crippen molar-refractivity contribution in [3.8, 4) is 0 Å². The van der Waals surface area contributed by atoms with Crippen LogP contribution in [0, 0.1) is 5.92 Å². The second-order valence-electron chi connectivity index (χ2n) is 10.3. The van der Waals surface area contributed by atoms with Crippen molar-refractivity contribution < 1.29 is 69.2 Å². The molecule has 0 radical (unpaired) electrons. The van der Waals surface area contributed by atoms with Crippen LogP contribution >= 0.6 is 0 Å². The molecule has 2 fully saturated rings. The lowest BCUT2D eigenvalue weighted by Crippen LogP contribution is -2.49. The highest BCUT2D eigenvalue weighted by molar-refractivity contribution is 5.73. The SMILES string of the molecule is CC(C)N1[C@H](Cn2cccn2)C[C@@H]2CN(Cc3ccncc3)CC[C@@H]21.O=C(O)C(F)(F)F.O=C(O)C(F)(F)F.O=C(O)C(F)(F)F. The van der Waals surface area contributed by atoms with Crippen LogP contribution in [0.5, 0.6) is 0 Å². The lowest BCUT2D eigenvalue weighted by Gasteiger charge is -2.40. The zero-order valence-electron chi connectivity index (χ0n) is 24.3. The van der Waals surface area contributed by atoms with E-state index in [-0.39, 0.29) is 0 Å². The maximum atomic E-state index is 10.6. The Bertz CT molecular complexity index is 1170. The van der Waals surface area contributed by atoms with Gasteiger partial charge in [-0.2, -0.15) is 44.6 Å². The van der Waals surface area contributed by atoms with Crippen LogP contribution in [0.1, 0.15) is 32.3 Å². The summed E-state index contributed by atoms with van der Waals surface area (Å²) in [5, 5.41) is 25.8. The Labute approximate surface area is 256 Å². The molecule has 0 saturated carbocycles. The number of piperidine rings is 1. The van der Waals surface area contributed by atoms with Crippen molar-refractivity contribution >= 4 is 17.9 Å². The zero-order valence-corrected chi connectivity index (χ0v) is 24.3. The minimum absolute atomic E-state index is 0.599. The molecule has 2 aromatic rings. The number of rotatable bonds is 5. The Morgan fingerprint density at radius 3 is 1.74 bits per heavy atom. The number of aromatic nitrogens is 3. The van der Waals surface area contributed by atoms with Crippen molar-refractivity contribution in [2.45, 2.75) is 76.4 Å². The van der Waals surface area contributed by atoms with Crippen LogP contribution in [0.15, 0.2) is 43.0 Å². The smallest absolute Gasteiger partial charge is 0.475 e. The molecule has 4 rings (SSSR count). The van der Waals surface area contributed by atoms with Gasteiger partial charge in [0, 0.05) is 56.0 Å². The number of carbonyl (C=O) groups is 3. The van der Waals surface area contributed by atoms with E-state index in [1.54, 1.807) is 0 Å². The van der Waals surface area contributed by atoms with Crippen molar-refractivity contribution in [3.63, 3.8) is 0 Å². The van der Waals surface area contributed by atoms with Crippen LogP contribution in [-0.2, 0) is 27.5 Å². The molecule has 2 aliphatic heterocycles. The van der Waals surface area contributed by atoms with Crippen LogP contribution < -0.4 is 0 Å². The quantitative estimate of drug-likeness (QED) is 0.384. The number of carboxylic acid groups (broad SMARTS) is 3. The standard InChI is InChI=1S/C20H29N5.3C2HF3O2/c1-16(2)25-19(15-24-10-3-7-22-24)12-18-14-23(11-6-20(18)25)13-17-4-8-21-9-5-17;3*3-2(4,5)1(6)7/h3-5,7-10,16,18-20H,6,11-15H2,1-2H3;3*(H,6,7)/t18-,19+,20+;;;/m1.../s1. The third-order valence-corrected chi connectivity index (χ3v) is 6.59. The summed E-state index contributed by atoms with van der Waals surface area (Å²) in [6, 6.07) is 8.24. The number of carboxylic acids is 3. The first kappa shape index (κ1) is 40.1. The summed E-state index contributed by atoms with van der Waals surface area (Å²) >= 11 is 0. The molecule has 0 aromatic carbocycles. The molecule has 3 N–H and O–H groups in total. The molecule has 0 unspecified atom stereocenters. The van der Waals surface area contributed by atoms with Gasteiger partial charge in [0.2, 0.25) is 0 Å². The first-order valence-electron chi connectivity index (χ1n) is 13.3. The molecule has 0 aliphatic carbocycles. The fraction of sp³-hybridized carbons (Fsp3) is 0.577. The molecule has 0 bridgehead atoms. The largest absolute Gasteiger partial charge is 0.490 e. The van der Waals surface area contributed by atoms with Crippen molar-refractivity contribution in [3.05, 3.63) is 48.5 Å². The van der Waals surface area contributed by atoms with Crippen LogP contribution in [0.3, 0.4) is 0 Å². The predicted molar refractivity (Wildman–Crippen MR) is 140 cm³/mol. The van der Waals surface area contributed by atoms with Crippen molar-refractivity contribution in [2.75, 3.05) is 13.1 Å². The van der Waals surface area contributed by atoms with Gasteiger partial charge in [-0.05, 0) is 62.9 Å². The number of hydrogen-bond acceptors (Lipinski definition) is 7. The number of alkyl halides is 9. The highest BCUT2D eigenvalue weighted by Gasteiger charge is 2.45. The summed E-state index contributed by atoms with van der Waals surface area (Å²) < 4.78 is 97.3. The minimum Gasteiger partial charge on any atom is -0.475 e. The molecular formula is C26H32F9N5O6. The highest BCUT2D eigenvalue weighted by Crippen LogP contribution is 2.38. The number of halogens is 9. The van der Waals surface area contributed by atoms with Crippen molar-refractivity contribution in [1.82, 2.24) is 24.6 Å². The van der Waals surface area contributed by atoms with E-state index >= 15 is 0 Å². The summed E-state index contributed by atoms with van der Waals surface area (Å²) in [5.74, 6) is -7.49. The van der Waals surface area contributed by atoms with E-state index < -0.39 is 36.4 Å². The van der Waals surface area contributed by atoms with Gasteiger partial charge in [0.05, 0.1) is 6.54 Å². The summed E-state index contributed by atoms with van der Waals surface area (Å²) in [6.07, 6.45) is -4.90. The third-order valence-electron chi connectivity index (χ3n) is 6.59. The molecule has 0 amide bonds. The van der Waals surface area contributed by atoms with E-state index in [0.717, 1.165) is 25.0 Å². The van der Waals surface area contributed by atoms with Crippen LogP contribution in [0.25, 0.3) is 0 Å². The Morgan fingerprint density at radius 1 is 0.870 bits per heavy atom. The molecular weight excluding hydrogens is 649 g/mol. The van der Waals surface area contributed by atoms with Gasteiger partial charge < -0.3 is 15.3 Å². The molecule has 2 aliphatic rings. The van der Waals surface area contributed by atoms with Gasteiger partial charge in [0.15, 0.2) is 0 Å². The second-order valence-corrected chi connectivity index (χ2v) is 10.3. The number of likely N-dealkylation sites (tertiary alicyclic amines) is 2. The summed E-state index contributed by atoms with van der Waals surface area (Å²) in [7, 11) is 0. The molecule has 20 heteroatoms. The minimum atomic E-state index is -5.08. The fourth-order valence-corrected chi connectivity index (χ4v) is 4.95. The first-order chi connectivity index (χ1) is 21.0. The van der Waals surface area contributed by atoms with Gasteiger partial charge >= 0.3 is 36.4 Å². The molecule has 11 nitrogen and oxygen atoms in total. The van der Waals surface area contributed by atoms with Crippen LogP contribution in [0.2, 0.25) is 0 Å². The van der Waals surface area contributed by atoms with Crippen LogP contribution in [0.4, 0.5) is 39.5 Å². The van der Waals surface area contributed by atoms with Gasteiger partial charge in [0.1, 0.15) is 0 Å². The van der Waals surface area contributed by atoms with E-state index in [1.807, 2.05) is 24.7 Å². The van der Waals surface area contributed by atoms with E-state index in [9.17, 15) is 39.5 Å². The molecule has 46 heavy (non-hydrogen) atoms. The maximum absolute atomic E-state index is 10.6. The van der Waals surface area contributed by atoms with Crippen molar-refractivity contribution in [1.29, 1.82) is 0 Å². The van der Waals surface area contributed by atoms with E-state index in [1.165, 1.54) is 31.5 Å². The van der Waals surface area contributed by atoms with E-state index in [4.69, 9.17) is 29.7 Å². The monoisotopic (exact) mass is 681 g/mol. The lowest BCUT2D eigenvalue weighted by atomic mass is 9.91. The summed E-state index contributed by atoms with van der Waals surface area (Å²) in [4.78, 5) is 36.2. The lowest BCUT2D eigenvalue weighted by molar-refractivity contribution is -0.193. The molecule has 0 spiro atoms. The number of pyridine rings is 1. The Kier molecular flexibility index (Phi) is 14.9. The average Bonchev–Trinajstić information content (AvgIpc) is 3.56. The average molecular weight is 682 g/mol. The predicted octanol–water partition coefficient (Wildman–Crippen LogP) is 4.55. The topological polar surface area (TPSA) is 149 Å². The van der Waals surface area contributed by atoms with Gasteiger partial charge in [-0.15, -0.1) is 0 Å². The number of aliphatic carboxylic acids is 3. The Morgan fingerprint density at radius 2 is 1.35 bits per heavy atom. The number of nitrogens with zero attached hydrogens (tertiary/aromatic N) is 5. The molecule has 4 heterocycles. The Hall–Kier alpha value is -3.94. The van der Waals surface area contributed by atoms with Gasteiger partial charge in [-0.1, -0.05) is 0 Å². The second kappa shape index (κ2) is 17.1. The molecule has 2 saturated heterocycles. The third kappa shape index (κ3) is 14.0. The maximum Gasteiger partial charge on any atom is 0.490 e. The summed E-state index contributed by atoms with van der Waals surface area (Å²) in [6.45, 7) is 9.18. The first-order valence-corrected chi connectivity index (χ1v) is 13.3. The zero-order chi connectivity index (χ0) is 35.5. The molecule has 3 atom stereocenters. The van der Waals surface area contributed by atoms with Gasteiger partial charge in [0.25, 0.3) is 0 Å². The number of hydrogen-bond donors (Lipinski definition) is 3. The normalized spacial score (nSPS) is 20.2. The molecule has 260 valence electrons. The van der Waals surface area contributed by atoms with Crippen LogP contribution in [-0.4, -0.2) is 108 Å². The molecule has 2 aromatic heterocycles. The van der Waals surface area contributed by atoms with Gasteiger partial charge in [-0.3, -0.25) is 19.5 Å². The van der Waals surface area contributed by atoms with Gasteiger partial charge in [-0.25, -0.2) is 14.4 Å². The van der Waals surface area contributed by atoms with Crippen molar-refractivity contribution in [2.24, 2.45) is 5.92 Å². The van der Waals surface area contributed by atoms with E-state index in [0.29, 0.717) is 12.1 Å². The summed E-state index contributed by atoms with van der Waals surface area (Å²) in [5.41, 5.74) is 1.38. The fourth-order valence-electron chi connectivity index (χ4n) is 4.95.